The molecule has 0 aliphatic carbocycles. The van der Waals surface area contributed by atoms with Crippen molar-refractivity contribution >= 4 is 11.9 Å². The SMILES string of the molecule is COCC1CCCN(C(=O)N[C@@H]2CCN(C(=O)c3ccc(C)nc3)C2)C1. The van der Waals surface area contributed by atoms with Crippen LogP contribution in [0.2, 0.25) is 0 Å². The monoisotopic (exact) mass is 360 g/mol. The molecule has 0 spiro atoms. The Balaban J connectivity index is 1.50. The smallest absolute Gasteiger partial charge is 0.317 e. The first-order chi connectivity index (χ1) is 12.6. The van der Waals surface area contributed by atoms with Crippen molar-refractivity contribution in [1.29, 1.82) is 0 Å². The molecular weight excluding hydrogens is 332 g/mol. The van der Waals surface area contributed by atoms with Gasteiger partial charge >= 0.3 is 6.03 Å². The number of methoxy groups -OCH3 is 1. The highest BCUT2D eigenvalue weighted by Gasteiger charge is 2.30. The zero-order valence-electron chi connectivity index (χ0n) is 15.6. The lowest BCUT2D eigenvalue weighted by Crippen LogP contribution is -2.50. The molecule has 2 atom stereocenters. The average molecular weight is 360 g/mol. The van der Waals surface area contributed by atoms with Gasteiger partial charge in [-0.2, -0.15) is 0 Å². The zero-order chi connectivity index (χ0) is 18.5. The number of aryl methyl sites for hydroxylation is 1. The van der Waals surface area contributed by atoms with Gasteiger partial charge in [-0.1, -0.05) is 0 Å². The topological polar surface area (TPSA) is 74.8 Å². The van der Waals surface area contributed by atoms with Gasteiger partial charge in [-0.3, -0.25) is 9.78 Å². The van der Waals surface area contributed by atoms with Gasteiger partial charge in [0.05, 0.1) is 12.2 Å². The van der Waals surface area contributed by atoms with E-state index in [4.69, 9.17) is 4.74 Å². The minimum Gasteiger partial charge on any atom is -0.384 e. The number of hydrogen-bond acceptors (Lipinski definition) is 4. The van der Waals surface area contributed by atoms with Gasteiger partial charge in [0.15, 0.2) is 0 Å². The van der Waals surface area contributed by atoms with Crippen LogP contribution in [-0.4, -0.2) is 72.7 Å². The van der Waals surface area contributed by atoms with Gasteiger partial charge < -0.3 is 19.9 Å². The van der Waals surface area contributed by atoms with E-state index in [1.807, 2.05) is 17.9 Å². The van der Waals surface area contributed by atoms with E-state index in [1.165, 1.54) is 0 Å². The Bertz CT molecular complexity index is 632. The molecule has 2 aliphatic heterocycles. The average Bonchev–Trinajstić information content (AvgIpc) is 3.11. The highest BCUT2D eigenvalue weighted by Crippen LogP contribution is 2.18. The van der Waals surface area contributed by atoms with E-state index in [9.17, 15) is 9.59 Å². The van der Waals surface area contributed by atoms with Crippen LogP contribution in [0.4, 0.5) is 4.79 Å². The minimum absolute atomic E-state index is 0.00709. The second-order valence-electron chi connectivity index (χ2n) is 7.28. The molecule has 2 aliphatic rings. The fourth-order valence-corrected chi connectivity index (χ4v) is 3.73. The molecule has 3 amide bonds. The van der Waals surface area contributed by atoms with Crippen molar-refractivity contribution in [1.82, 2.24) is 20.1 Å². The molecule has 1 N–H and O–H groups in total. The van der Waals surface area contributed by atoms with E-state index < -0.39 is 0 Å². The van der Waals surface area contributed by atoms with E-state index in [0.717, 1.165) is 38.0 Å². The summed E-state index contributed by atoms with van der Waals surface area (Å²) >= 11 is 0. The van der Waals surface area contributed by atoms with E-state index in [2.05, 4.69) is 10.3 Å². The highest BCUT2D eigenvalue weighted by atomic mass is 16.5. The van der Waals surface area contributed by atoms with E-state index >= 15 is 0 Å². The Morgan fingerprint density at radius 2 is 2.08 bits per heavy atom. The summed E-state index contributed by atoms with van der Waals surface area (Å²) in [5.74, 6) is 0.391. The Kier molecular flexibility index (Phi) is 6.08. The summed E-state index contributed by atoms with van der Waals surface area (Å²) in [6, 6.07) is 3.63. The number of ether oxygens (including phenoxy) is 1. The normalized spacial score (nSPS) is 23.2. The van der Waals surface area contributed by atoms with E-state index in [-0.39, 0.29) is 18.0 Å². The van der Waals surface area contributed by atoms with Crippen LogP contribution < -0.4 is 5.32 Å². The molecule has 1 aromatic heterocycles. The fourth-order valence-electron chi connectivity index (χ4n) is 3.73. The summed E-state index contributed by atoms with van der Waals surface area (Å²) < 4.78 is 5.22. The third kappa shape index (κ3) is 4.52. The van der Waals surface area contributed by atoms with Crippen molar-refractivity contribution < 1.29 is 14.3 Å². The molecule has 1 aromatic rings. The maximum atomic E-state index is 12.6. The molecule has 7 heteroatoms. The van der Waals surface area contributed by atoms with E-state index in [0.29, 0.717) is 31.2 Å². The summed E-state index contributed by atoms with van der Waals surface area (Å²) in [7, 11) is 1.70. The largest absolute Gasteiger partial charge is 0.384 e. The number of piperidine rings is 1. The maximum absolute atomic E-state index is 12.6. The molecule has 0 bridgehead atoms. The van der Waals surface area contributed by atoms with Gasteiger partial charge in [0.1, 0.15) is 0 Å². The number of hydrogen-bond donors (Lipinski definition) is 1. The molecule has 3 heterocycles. The molecule has 7 nitrogen and oxygen atoms in total. The second kappa shape index (κ2) is 8.49. The van der Waals surface area contributed by atoms with Crippen molar-refractivity contribution in [3.8, 4) is 0 Å². The number of amides is 3. The van der Waals surface area contributed by atoms with Gasteiger partial charge in [-0.15, -0.1) is 0 Å². The third-order valence-corrected chi connectivity index (χ3v) is 5.17. The first-order valence-electron chi connectivity index (χ1n) is 9.33. The van der Waals surface area contributed by atoms with Gasteiger partial charge in [0.2, 0.25) is 0 Å². The van der Waals surface area contributed by atoms with Crippen LogP contribution >= 0.6 is 0 Å². The number of carbonyl (C=O) groups is 2. The lowest BCUT2D eigenvalue weighted by atomic mass is 9.99. The Morgan fingerprint density at radius 3 is 2.81 bits per heavy atom. The summed E-state index contributed by atoms with van der Waals surface area (Å²) in [6.45, 7) is 5.33. The van der Waals surface area contributed by atoms with Gasteiger partial charge in [-0.05, 0) is 38.3 Å². The molecule has 2 saturated heterocycles. The molecule has 1 unspecified atom stereocenters. The number of carbonyl (C=O) groups excluding carboxylic acids is 2. The van der Waals surface area contributed by atoms with Crippen molar-refractivity contribution in [3.05, 3.63) is 29.6 Å². The van der Waals surface area contributed by atoms with Crippen molar-refractivity contribution in [2.24, 2.45) is 5.92 Å². The van der Waals surface area contributed by atoms with Crippen LogP contribution in [0.5, 0.6) is 0 Å². The predicted octanol–water partition coefficient (Wildman–Crippen LogP) is 1.67. The van der Waals surface area contributed by atoms with Gasteiger partial charge in [-0.25, -0.2) is 4.79 Å². The zero-order valence-corrected chi connectivity index (χ0v) is 15.6. The maximum Gasteiger partial charge on any atom is 0.317 e. The van der Waals surface area contributed by atoms with Crippen LogP contribution in [0.25, 0.3) is 0 Å². The molecule has 2 fully saturated rings. The van der Waals surface area contributed by atoms with Gasteiger partial charge in [0.25, 0.3) is 5.91 Å². The van der Waals surface area contributed by atoms with Crippen LogP contribution in [0.1, 0.15) is 35.3 Å². The Labute approximate surface area is 154 Å². The summed E-state index contributed by atoms with van der Waals surface area (Å²) in [5, 5.41) is 3.09. The first-order valence-corrected chi connectivity index (χ1v) is 9.33. The van der Waals surface area contributed by atoms with Crippen LogP contribution in [0, 0.1) is 12.8 Å². The predicted molar refractivity (Wildman–Crippen MR) is 98.0 cm³/mol. The Hall–Kier alpha value is -2.15. The molecule has 3 rings (SSSR count). The molecule has 0 aromatic carbocycles. The Morgan fingerprint density at radius 1 is 1.23 bits per heavy atom. The number of pyridine rings is 1. The lowest BCUT2D eigenvalue weighted by molar-refractivity contribution is 0.0786. The van der Waals surface area contributed by atoms with Crippen LogP contribution in [-0.2, 0) is 4.74 Å². The van der Waals surface area contributed by atoms with Crippen LogP contribution in [0.15, 0.2) is 18.3 Å². The van der Waals surface area contributed by atoms with Crippen molar-refractivity contribution in [2.45, 2.75) is 32.2 Å². The highest BCUT2D eigenvalue weighted by molar-refractivity contribution is 5.94. The number of nitrogens with one attached hydrogen (secondary N) is 1. The third-order valence-electron chi connectivity index (χ3n) is 5.17. The van der Waals surface area contributed by atoms with Crippen molar-refractivity contribution in [3.63, 3.8) is 0 Å². The number of urea groups is 1. The quantitative estimate of drug-likeness (QED) is 0.886. The summed E-state index contributed by atoms with van der Waals surface area (Å²) in [4.78, 5) is 33.0. The van der Waals surface area contributed by atoms with Gasteiger partial charge in [0, 0.05) is 57.1 Å². The number of aromatic nitrogens is 1. The minimum atomic E-state index is -0.0258. The first kappa shape index (κ1) is 18.6. The standard InChI is InChI=1S/C19H28N4O3/c1-14-5-6-16(10-20-14)18(24)22-9-7-17(12-22)21-19(25)23-8-3-4-15(11-23)13-26-2/h5-6,10,15,17H,3-4,7-9,11-13H2,1-2H3,(H,21,25)/t15?,17-/m1/s1. The number of nitrogens with zero attached hydrogens (tertiary/aromatic N) is 3. The molecule has 0 saturated carbocycles. The summed E-state index contributed by atoms with van der Waals surface area (Å²) in [5.41, 5.74) is 1.49. The summed E-state index contributed by atoms with van der Waals surface area (Å²) in [6.07, 6.45) is 4.52. The van der Waals surface area contributed by atoms with Crippen molar-refractivity contribution in [2.75, 3.05) is 39.9 Å². The number of likely N-dealkylation sites (tertiary alicyclic amines) is 2. The van der Waals surface area contributed by atoms with Crippen LogP contribution in [0.3, 0.4) is 0 Å². The lowest BCUT2D eigenvalue weighted by Gasteiger charge is -2.33. The molecular formula is C19H28N4O3. The molecule has 0 radical (unpaired) electrons. The molecule has 142 valence electrons. The second-order valence-corrected chi connectivity index (χ2v) is 7.28. The fraction of sp³-hybridized carbons (Fsp3) is 0.632. The number of rotatable bonds is 4. The van der Waals surface area contributed by atoms with E-state index in [1.54, 1.807) is 24.3 Å². The molecule has 26 heavy (non-hydrogen) atoms.